The van der Waals surface area contributed by atoms with Crippen molar-refractivity contribution in [1.29, 1.82) is 0 Å². The van der Waals surface area contributed by atoms with Crippen LogP contribution in [0.1, 0.15) is 24.0 Å². The van der Waals surface area contributed by atoms with Gasteiger partial charge in [0.2, 0.25) is 5.95 Å². The van der Waals surface area contributed by atoms with Crippen LogP contribution in [0, 0.1) is 5.95 Å². The van der Waals surface area contributed by atoms with E-state index in [1.54, 1.807) is 6.07 Å². The number of ether oxygens (including phenoxy) is 1. The van der Waals surface area contributed by atoms with E-state index in [4.69, 9.17) is 4.74 Å². The van der Waals surface area contributed by atoms with Crippen LogP contribution in [0.3, 0.4) is 0 Å². The molecule has 2 saturated heterocycles. The number of aliphatic hydroxyl groups is 1. The van der Waals surface area contributed by atoms with Gasteiger partial charge >= 0.3 is 0 Å². The standard InChI is InChI=1S/C19H21FN2O2/c20-18-7-6-15(10-21-18)19(23)8-16-12-24-13-17(9-19)22(16)11-14-4-2-1-3-5-14/h1-7,10,16-17,23H,8-9,11-13H2. The lowest BCUT2D eigenvalue weighted by Gasteiger charge is -2.51. The first-order valence-electron chi connectivity index (χ1n) is 8.36. The summed E-state index contributed by atoms with van der Waals surface area (Å²) < 4.78 is 18.8. The van der Waals surface area contributed by atoms with Gasteiger partial charge in [-0.15, -0.1) is 0 Å². The van der Waals surface area contributed by atoms with Gasteiger partial charge in [0.05, 0.1) is 18.8 Å². The third-order valence-corrected chi connectivity index (χ3v) is 5.18. The first-order valence-corrected chi connectivity index (χ1v) is 8.36. The van der Waals surface area contributed by atoms with Crippen molar-refractivity contribution in [2.24, 2.45) is 0 Å². The van der Waals surface area contributed by atoms with Crippen molar-refractivity contribution >= 4 is 0 Å². The van der Waals surface area contributed by atoms with Crippen LogP contribution < -0.4 is 0 Å². The topological polar surface area (TPSA) is 45.6 Å². The Balaban J connectivity index is 1.57. The SMILES string of the molecule is OC1(c2ccc(F)nc2)CC2COCC(C1)N2Cc1ccccc1. The Morgan fingerprint density at radius 3 is 2.46 bits per heavy atom. The fourth-order valence-corrected chi connectivity index (χ4v) is 3.98. The second-order valence-corrected chi connectivity index (χ2v) is 6.81. The Hall–Kier alpha value is -1.82. The number of pyridine rings is 1. The molecular formula is C19H21FN2O2. The van der Waals surface area contributed by atoms with Crippen LogP contribution in [0.15, 0.2) is 48.7 Å². The van der Waals surface area contributed by atoms with Crippen LogP contribution in [0.5, 0.6) is 0 Å². The number of morpholine rings is 1. The van der Waals surface area contributed by atoms with Gasteiger partial charge in [0.15, 0.2) is 0 Å². The number of rotatable bonds is 3. The van der Waals surface area contributed by atoms with Gasteiger partial charge in [0.1, 0.15) is 0 Å². The molecule has 0 spiro atoms. The van der Waals surface area contributed by atoms with Gasteiger partial charge in [-0.2, -0.15) is 4.39 Å². The van der Waals surface area contributed by atoms with E-state index in [9.17, 15) is 9.50 Å². The van der Waals surface area contributed by atoms with E-state index in [1.165, 1.54) is 17.8 Å². The number of hydrogen-bond acceptors (Lipinski definition) is 4. The fourth-order valence-electron chi connectivity index (χ4n) is 3.98. The first kappa shape index (κ1) is 15.7. The summed E-state index contributed by atoms with van der Waals surface area (Å²) in [7, 11) is 0. The lowest BCUT2D eigenvalue weighted by atomic mass is 9.77. The Morgan fingerprint density at radius 1 is 1.12 bits per heavy atom. The zero-order valence-electron chi connectivity index (χ0n) is 13.4. The molecule has 0 saturated carbocycles. The second-order valence-electron chi connectivity index (χ2n) is 6.81. The zero-order chi connectivity index (χ0) is 16.6. The highest BCUT2D eigenvalue weighted by Gasteiger charge is 2.47. The lowest BCUT2D eigenvalue weighted by molar-refractivity contribution is -0.149. The summed E-state index contributed by atoms with van der Waals surface area (Å²) in [5.74, 6) is -0.521. The summed E-state index contributed by atoms with van der Waals surface area (Å²) >= 11 is 0. The summed E-state index contributed by atoms with van der Waals surface area (Å²) in [6.45, 7) is 2.08. The number of nitrogens with zero attached hydrogens (tertiary/aromatic N) is 2. The largest absolute Gasteiger partial charge is 0.385 e. The molecule has 0 amide bonds. The Bertz CT molecular complexity index is 678. The smallest absolute Gasteiger partial charge is 0.212 e. The minimum absolute atomic E-state index is 0.146. The molecule has 0 radical (unpaired) electrons. The summed E-state index contributed by atoms with van der Waals surface area (Å²) in [5.41, 5.74) is 0.996. The first-order chi connectivity index (χ1) is 11.6. The molecular weight excluding hydrogens is 307 g/mol. The van der Waals surface area contributed by atoms with Gasteiger partial charge in [0.25, 0.3) is 0 Å². The molecule has 2 aromatic rings. The van der Waals surface area contributed by atoms with E-state index in [-0.39, 0.29) is 12.1 Å². The van der Waals surface area contributed by atoms with E-state index < -0.39 is 11.5 Å². The van der Waals surface area contributed by atoms with Crippen molar-refractivity contribution in [1.82, 2.24) is 9.88 Å². The van der Waals surface area contributed by atoms with E-state index in [0.717, 1.165) is 6.54 Å². The van der Waals surface area contributed by atoms with Gasteiger partial charge in [-0.05, 0) is 24.5 Å². The Morgan fingerprint density at radius 2 is 1.83 bits per heavy atom. The van der Waals surface area contributed by atoms with Crippen molar-refractivity contribution in [3.05, 3.63) is 65.7 Å². The highest BCUT2D eigenvalue weighted by atomic mass is 19.1. The third kappa shape index (κ3) is 2.95. The number of fused-ring (bicyclic) bond motifs is 2. The molecule has 2 fully saturated rings. The van der Waals surface area contributed by atoms with E-state index in [2.05, 4.69) is 22.0 Å². The molecule has 4 nitrogen and oxygen atoms in total. The van der Waals surface area contributed by atoms with Crippen LogP contribution in [-0.4, -0.2) is 40.3 Å². The number of aromatic nitrogens is 1. The molecule has 4 rings (SSSR count). The molecule has 1 aromatic carbocycles. The molecule has 5 heteroatoms. The number of hydrogen-bond donors (Lipinski definition) is 1. The molecule has 2 aliphatic rings. The van der Waals surface area contributed by atoms with E-state index >= 15 is 0 Å². The monoisotopic (exact) mass is 328 g/mol. The molecule has 1 aromatic heterocycles. The van der Waals surface area contributed by atoms with Crippen molar-refractivity contribution in [3.63, 3.8) is 0 Å². The predicted molar refractivity (Wildman–Crippen MR) is 87.7 cm³/mol. The van der Waals surface area contributed by atoms with E-state index in [1.807, 2.05) is 18.2 Å². The second kappa shape index (κ2) is 6.24. The normalized spacial score (nSPS) is 30.2. The van der Waals surface area contributed by atoms with Crippen molar-refractivity contribution in [2.45, 2.75) is 37.1 Å². The molecule has 126 valence electrons. The number of halogens is 1. The maximum absolute atomic E-state index is 13.1. The number of piperidine rings is 1. The molecule has 2 bridgehead atoms. The Labute approximate surface area is 140 Å². The van der Waals surface area contributed by atoms with Crippen LogP contribution in [0.25, 0.3) is 0 Å². The quantitative estimate of drug-likeness (QED) is 0.879. The van der Waals surface area contributed by atoms with Crippen LogP contribution in [0.2, 0.25) is 0 Å². The van der Waals surface area contributed by atoms with Crippen molar-refractivity contribution in [2.75, 3.05) is 13.2 Å². The predicted octanol–water partition coefficient (Wildman–Crippen LogP) is 2.47. The van der Waals surface area contributed by atoms with Gasteiger partial charge < -0.3 is 9.84 Å². The highest BCUT2D eigenvalue weighted by molar-refractivity contribution is 5.22. The lowest BCUT2D eigenvalue weighted by Crippen LogP contribution is -2.60. The Kier molecular flexibility index (Phi) is 4.08. The van der Waals surface area contributed by atoms with Gasteiger partial charge in [-0.1, -0.05) is 36.4 Å². The van der Waals surface area contributed by atoms with Crippen LogP contribution >= 0.6 is 0 Å². The van der Waals surface area contributed by atoms with Gasteiger partial charge in [-0.3, -0.25) is 4.90 Å². The van der Waals surface area contributed by atoms with Gasteiger partial charge in [0, 0.05) is 30.4 Å². The summed E-state index contributed by atoms with van der Waals surface area (Å²) in [6, 6.07) is 13.6. The minimum Gasteiger partial charge on any atom is -0.385 e. The molecule has 2 aliphatic heterocycles. The summed E-state index contributed by atoms with van der Waals surface area (Å²) in [4.78, 5) is 6.14. The molecule has 3 heterocycles. The molecule has 2 unspecified atom stereocenters. The van der Waals surface area contributed by atoms with Gasteiger partial charge in [-0.25, -0.2) is 4.98 Å². The molecule has 0 aliphatic carbocycles. The van der Waals surface area contributed by atoms with Crippen LogP contribution in [0.4, 0.5) is 4.39 Å². The average Bonchev–Trinajstić information content (AvgIpc) is 2.57. The maximum Gasteiger partial charge on any atom is 0.212 e. The fraction of sp³-hybridized carbons (Fsp3) is 0.421. The maximum atomic E-state index is 13.1. The average molecular weight is 328 g/mol. The highest BCUT2D eigenvalue weighted by Crippen LogP contribution is 2.41. The zero-order valence-corrected chi connectivity index (χ0v) is 13.4. The summed E-state index contributed by atoms with van der Waals surface area (Å²) in [5, 5.41) is 11.2. The van der Waals surface area contributed by atoms with Crippen LogP contribution in [-0.2, 0) is 16.9 Å². The molecule has 2 atom stereocenters. The third-order valence-electron chi connectivity index (χ3n) is 5.18. The van der Waals surface area contributed by atoms with Crippen molar-refractivity contribution in [3.8, 4) is 0 Å². The van der Waals surface area contributed by atoms with E-state index in [0.29, 0.717) is 31.6 Å². The molecule has 24 heavy (non-hydrogen) atoms. The minimum atomic E-state index is -0.965. The number of benzene rings is 1. The summed E-state index contributed by atoms with van der Waals surface area (Å²) in [6.07, 6.45) is 2.60. The molecule has 1 N–H and O–H groups in total. The van der Waals surface area contributed by atoms with Crippen molar-refractivity contribution < 1.29 is 14.2 Å².